The lowest BCUT2D eigenvalue weighted by Gasteiger charge is -2.36. The smallest absolute Gasteiger partial charge is 0.416 e. The Bertz CT molecular complexity index is 2270. The first-order valence-electron chi connectivity index (χ1n) is 16.3. The zero-order valence-corrected chi connectivity index (χ0v) is 29.0. The highest BCUT2D eigenvalue weighted by Crippen LogP contribution is 2.38. The fraction of sp³-hybridized carbons (Fsp3) is 0.195. The third kappa shape index (κ3) is 7.62. The molecular formula is C41H36F3NO5S. The summed E-state index contributed by atoms with van der Waals surface area (Å²) in [4.78, 5) is 12.3. The van der Waals surface area contributed by atoms with Gasteiger partial charge in [-0.25, -0.2) is 8.42 Å². The number of carbonyl (C=O) groups is 1. The van der Waals surface area contributed by atoms with Gasteiger partial charge in [-0.2, -0.15) is 17.5 Å². The molecule has 6 aromatic rings. The Morgan fingerprint density at radius 2 is 1.31 bits per heavy atom. The van der Waals surface area contributed by atoms with Gasteiger partial charge in [0.05, 0.1) is 10.5 Å². The summed E-state index contributed by atoms with van der Waals surface area (Å²) in [5, 5.41) is 11.2. The van der Waals surface area contributed by atoms with Gasteiger partial charge in [-0.05, 0) is 57.5 Å². The normalized spacial score (nSPS) is 13.1. The Kier molecular flexibility index (Phi) is 9.67. The minimum atomic E-state index is -4.65. The maximum atomic E-state index is 14.1. The molecule has 6 nitrogen and oxygen atoms in total. The molecule has 51 heavy (non-hydrogen) atoms. The molecule has 0 saturated carbocycles. The number of rotatable bonds is 10. The van der Waals surface area contributed by atoms with Crippen LogP contribution < -0.4 is 0 Å². The van der Waals surface area contributed by atoms with Gasteiger partial charge in [-0.1, -0.05) is 124 Å². The predicted molar refractivity (Wildman–Crippen MR) is 191 cm³/mol. The van der Waals surface area contributed by atoms with E-state index in [4.69, 9.17) is 4.42 Å². The van der Waals surface area contributed by atoms with Gasteiger partial charge in [-0.3, -0.25) is 4.79 Å². The fourth-order valence-corrected chi connectivity index (χ4v) is 8.12. The van der Waals surface area contributed by atoms with Crippen LogP contribution in [0.3, 0.4) is 0 Å². The Balaban J connectivity index is 1.32. The lowest BCUT2D eigenvalue weighted by Crippen LogP contribution is -2.51. The van der Waals surface area contributed by atoms with Crippen molar-refractivity contribution >= 4 is 27.0 Å². The van der Waals surface area contributed by atoms with Crippen molar-refractivity contribution in [1.82, 2.24) is 4.31 Å². The van der Waals surface area contributed by atoms with Crippen LogP contribution in [0.5, 0.6) is 0 Å². The van der Waals surface area contributed by atoms with E-state index in [1.54, 1.807) is 32.9 Å². The van der Waals surface area contributed by atoms with Gasteiger partial charge < -0.3 is 9.52 Å². The molecule has 1 N–H and O–H groups in total. The van der Waals surface area contributed by atoms with E-state index in [1.807, 2.05) is 66.7 Å². The van der Waals surface area contributed by atoms with Crippen LogP contribution in [0.4, 0.5) is 13.2 Å². The van der Waals surface area contributed by atoms with E-state index < -0.39 is 45.7 Å². The van der Waals surface area contributed by atoms with Gasteiger partial charge in [0.2, 0.25) is 10.0 Å². The van der Waals surface area contributed by atoms with Crippen LogP contribution in [-0.2, 0) is 34.0 Å². The van der Waals surface area contributed by atoms with Crippen LogP contribution in [-0.4, -0.2) is 29.8 Å². The largest absolute Gasteiger partial charge is 0.480 e. The molecule has 0 radical (unpaired) electrons. The van der Waals surface area contributed by atoms with Crippen molar-refractivity contribution in [3.8, 4) is 22.3 Å². The molecule has 262 valence electrons. The van der Waals surface area contributed by atoms with Gasteiger partial charge in [0.25, 0.3) is 0 Å². The average molecular weight is 712 g/mol. The van der Waals surface area contributed by atoms with Gasteiger partial charge in [0.15, 0.2) is 0 Å². The van der Waals surface area contributed by atoms with E-state index in [-0.39, 0.29) is 10.5 Å². The number of hydrogen-bond donors (Lipinski definition) is 1. The van der Waals surface area contributed by atoms with E-state index in [0.717, 1.165) is 61.0 Å². The maximum absolute atomic E-state index is 14.1. The molecule has 0 aliphatic rings. The number of carboxylic acid groups (broad SMARTS) is 1. The molecule has 0 spiro atoms. The second kappa shape index (κ2) is 13.8. The summed E-state index contributed by atoms with van der Waals surface area (Å²) in [5.41, 5.74) is 3.37. The Morgan fingerprint density at radius 3 is 1.92 bits per heavy atom. The first-order chi connectivity index (χ1) is 24.1. The number of para-hydroxylation sites is 1. The van der Waals surface area contributed by atoms with Gasteiger partial charge in [0.1, 0.15) is 17.4 Å². The van der Waals surface area contributed by atoms with E-state index in [0.29, 0.717) is 6.42 Å². The average Bonchev–Trinajstić information content (AvgIpc) is 3.45. The van der Waals surface area contributed by atoms with Gasteiger partial charge in [0, 0.05) is 23.9 Å². The minimum absolute atomic E-state index is 0.0120. The molecule has 10 heteroatoms. The zero-order valence-electron chi connectivity index (χ0n) is 28.2. The highest BCUT2D eigenvalue weighted by Gasteiger charge is 2.43. The Morgan fingerprint density at radius 1 is 0.745 bits per heavy atom. The lowest BCUT2D eigenvalue weighted by atomic mass is 9.86. The number of nitrogens with zero attached hydrogens (tertiary/aromatic N) is 1. The standard InChI is InChI=1S/C41H36F3NO5S/c1-40(2,3)38(39(46)47)45(26-28-12-9-13-32(24-28)41(42,43)44)51(48,49)33-22-20-30(21-23-33)29-16-18-31(19-17-29)37-34-14-7-8-15-35(34)50-36(37)25-27-10-5-4-6-11-27/h4-24,38H,25-26H2,1-3H3,(H,46,47). The molecular weight excluding hydrogens is 676 g/mol. The number of benzene rings is 5. The summed E-state index contributed by atoms with van der Waals surface area (Å²) in [6, 6.07) is 34.5. The quantitative estimate of drug-likeness (QED) is 0.153. The molecule has 5 aromatic carbocycles. The minimum Gasteiger partial charge on any atom is -0.480 e. The van der Waals surface area contributed by atoms with Crippen LogP contribution in [0.15, 0.2) is 137 Å². The highest BCUT2D eigenvalue weighted by atomic mass is 32.2. The summed E-state index contributed by atoms with van der Waals surface area (Å²) >= 11 is 0. The molecule has 0 aliphatic heterocycles. The molecule has 0 saturated heterocycles. The number of alkyl halides is 3. The van der Waals surface area contributed by atoms with E-state index in [9.17, 15) is 31.5 Å². The summed E-state index contributed by atoms with van der Waals surface area (Å²) in [7, 11) is -4.50. The molecule has 0 fully saturated rings. The number of sulfonamides is 1. The molecule has 1 atom stereocenters. The van der Waals surface area contributed by atoms with Crippen molar-refractivity contribution < 1.29 is 35.9 Å². The van der Waals surface area contributed by atoms with Crippen molar-refractivity contribution in [3.05, 3.63) is 150 Å². The molecule has 0 bridgehead atoms. The third-order valence-electron chi connectivity index (χ3n) is 8.78. The molecule has 0 amide bonds. The lowest BCUT2D eigenvalue weighted by molar-refractivity contribution is -0.145. The number of furan rings is 1. The molecule has 1 aromatic heterocycles. The number of fused-ring (bicyclic) bond motifs is 1. The van der Waals surface area contributed by atoms with E-state index in [2.05, 4.69) is 12.1 Å². The van der Waals surface area contributed by atoms with Crippen molar-refractivity contribution in [1.29, 1.82) is 0 Å². The molecule has 1 unspecified atom stereocenters. The van der Waals surface area contributed by atoms with Crippen molar-refractivity contribution in [2.75, 3.05) is 0 Å². The summed E-state index contributed by atoms with van der Waals surface area (Å²) in [5.74, 6) is -0.568. The van der Waals surface area contributed by atoms with Crippen molar-refractivity contribution in [3.63, 3.8) is 0 Å². The van der Waals surface area contributed by atoms with Crippen LogP contribution in [0.2, 0.25) is 0 Å². The van der Waals surface area contributed by atoms with E-state index in [1.165, 1.54) is 24.3 Å². The summed E-state index contributed by atoms with van der Waals surface area (Å²) in [6.07, 6.45) is -4.04. The second-order valence-electron chi connectivity index (χ2n) is 13.5. The zero-order chi connectivity index (χ0) is 36.6. The SMILES string of the molecule is CC(C)(C)C(C(=O)O)N(Cc1cccc(C(F)(F)F)c1)S(=O)(=O)c1ccc(-c2ccc(-c3c(Cc4ccccc4)oc4ccccc34)cc2)cc1. The van der Waals surface area contributed by atoms with Crippen molar-refractivity contribution in [2.45, 2.75) is 50.9 Å². The van der Waals surface area contributed by atoms with Crippen molar-refractivity contribution in [2.24, 2.45) is 5.41 Å². The molecule has 6 rings (SSSR count). The maximum Gasteiger partial charge on any atom is 0.416 e. The van der Waals surface area contributed by atoms with Gasteiger partial charge >= 0.3 is 12.1 Å². The fourth-order valence-electron chi connectivity index (χ4n) is 6.37. The number of hydrogen-bond acceptors (Lipinski definition) is 4. The monoisotopic (exact) mass is 711 g/mol. The number of halogens is 3. The Labute approximate surface area is 294 Å². The van der Waals surface area contributed by atoms with Gasteiger partial charge in [-0.15, -0.1) is 0 Å². The van der Waals surface area contributed by atoms with Crippen LogP contribution >= 0.6 is 0 Å². The van der Waals surface area contributed by atoms with Crippen LogP contribution in [0, 0.1) is 5.41 Å². The first-order valence-corrected chi connectivity index (χ1v) is 17.7. The van der Waals surface area contributed by atoms with E-state index >= 15 is 0 Å². The first kappa shape index (κ1) is 35.6. The summed E-state index contributed by atoms with van der Waals surface area (Å²) in [6.45, 7) is 4.15. The molecule has 0 aliphatic carbocycles. The topological polar surface area (TPSA) is 87.8 Å². The molecule has 1 heterocycles. The van der Waals surface area contributed by atoms with Crippen LogP contribution in [0.25, 0.3) is 33.2 Å². The third-order valence-corrected chi connectivity index (χ3v) is 10.6. The predicted octanol–water partition coefficient (Wildman–Crippen LogP) is 10.1. The Hall–Kier alpha value is -5.19. The number of carboxylic acids is 1. The highest BCUT2D eigenvalue weighted by molar-refractivity contribution is 7.89. The second-order valence-corrected chi connectivity index (χ2v) is 15.4. The number of aliphatic carboxylic acids is 1. The summed E-state index contributed by atoms with van der Waals surface area (Å²) < 4.78 is 75.8. The van der Waals surface area contributed by atoms with Crippen LogP contribution in [0.1, 0.15) is 43.2 Å².